The van der Waals surface area contributed by atoms with Gasteiger partial charge in [0, 0.05) is 23.1 Å². The Labute approximate surface area is 126 Å². The number of carbonyl (C=O) groups is 1. The fourth-order valence-electron chi connectivity index (χ4n) is 2.75. The minimum atomic E-state index is 0.0672. The number of aryl methyl sites for hydroxylation is 3. The van der Waals surface area contributed by atoms with Gasteiger partial charge >= 0.3 is 0 Å². The first-order chi connectivity index (χ1) is 9.58. The van der Waals surface area contributed by atoms with E-state index in [-0.39, 0.29) is 5.91 Å². The summed E-state index contributed by atoms with van der Waals surface area (Å²) in [6, 6.07) is 4.10. The number of benzene rings is 1. The van der Waals surface area contributed by atoms with Gasteiger partial charge in [-0.3, -0.25) is 4.79 Å². The van der Waals surface area contributed by atoms with Crippen molar-refractivity contribution in [2.45, 2.75) is 51.7 Å². The van der Waals surface area contributed by atoms with Gasteiger partial charge in [0.05, 0.1) is 0 Å². The van der Waals surface area contributed by atoms with Gasteiger partial charge in [0.15, 0.2) is 0 Å². The molecule has 20 heavy (non-hydrogen) atoms. The quantitative estimate of drug-likeness (QED) is 0.830. The molecule has 1 aliphatic rings. The number of amides is 1. The number of nitrogens with one attached hydrogen (secondary N) is 1. The number of thioether (sulfide) groups is 1. The third-order valence-corrected chi connectivity index (χ3v) is 5.51. The zero-order valence-electron chi connectivity index (χ0n) is 12.8. The van der Waals surface area contributed by atoms with E-state index in [4.69, 9.17) is 0 Å². The molecule has 1 fully saturated rings. The van der Waals surface area contributed by atoms with Crippen LogP contribution in [-0.4, -0.2) is 23.5 Å². The fraction of sp³-hybridized carbons (Fsp3) is 0.588. The zero-order chi connectivity index (χ0) is 14.5. The minimum absolute atomic E-state index is 0.0672. The molecule has 1 amide bonds. The number of hydrogen-bond acceptors (Lipinski definition) is 2. The summed E-state index contributed by atoms with van der Waals surface area (Å²) in [4.78, 5) is 12.2. The predicted octanol–water partition coefficient (Wildman–Crippen LogP) is 4.02. The topological polar surface area (TPSA) is 29.1 Å². The first-order valence-electron chi connectivity index (χ1n) is 7.55. The normalized spacial score (nSPS) is 15.6. The van der Waals surface area contributed by atoms with Crippen molar-refractivity contribution in [3.8, 4) is 0 Å². The first-order valence-corrected chi connectivity index (χ1v) is 8.60. The van der Waals surface area contributed by atoms with Crippen molar-refractivity contribution in [2.24, 2.45) is 0 Å². The lowest BCUT2D eigenvalue weighted by atomic mass is 10.0. The molecule has 1 aromatic carbocycles. The van der Waals surface area contributed by atoms with Crippen LogP contribution >= 0.6 is 11.8 Å². The van der Waals surface area contributed by atoms with E-state index >= 15 is 0 Å². The molecule has 0 heterocycles. The Hall–Kier alpha value is -0.960. The van der Waals surface area contributed by atoms with Crippen LogP contribution in [0.1, 0.15) is 52.7 Å². The SMILES string of the molecule is Cc1cc(C)c(C(=O)NCCSC2CCCC2)cc1C. The van der Waals surface area contributed by atoms with Crippen molar-refractivity contribution in [1.29, 1.82) is 0 Å². The molecule has 1 N–H and O–H groups in total. The van der Waals surface area contributed by atoms with Crippen LogP contribution in [-0.2, 0) is 0 Å². The second-order valence-electron chi connectivity index (χ2n) is 5.78. The van der Waals surface area contributed by atoms with Crippen LogP contribution < -0.4 is 5.32 Å². The van der Waals surface area contributed by atoms with Gasteiger partial charge < -0.3 is 5.32 Å². The Bertz CT molecular complexity index is 478. The maximum absolute atomic E-state index is 12.2. The summed E-state index contributed by atoms with van der Waals surface area (Å²) in [7, 11) is 0. The fourth-order valence-corrected chi connectivity index (χ4v) is 3.97. The maximum atomic E-state index is 12.2. The van der Waals surface area contributed by atoms with Crippen molar-refractivity contribution in [2.75, 3.05) is 12.3 Å². The van der Waals surface area contributed by atoms with Crippen molar-refractivity contribution >= 4 is 17.7 Å². The Balaban J connectivity index is 1.81. The summed E-state index contributed by atoms with van der Waals surface area (Å²) in [6.45, 7) is 6.92. The van der Waals surface area contributed by atoms with Crippen molar-refractivity contribution in [3.05, 3.63) is 34.4 Å². The van der Waals surface area contributed by atoms with Crippen LogP contribution in [0.5, 0.6) is 0 Å². The molecule has 0 bridgehead atoms. The molecule has 3 heteroatoms. The summed E-state index contributed by atoms with van der Waals surface area (Å²) in [5, 5.41) is 3.88. The van der Waals surface area contributed by atoms with E-state index in [0.717, 1.165) is 28.7 Å². The van der Waals surface area contributed by atoms with Gasteiger partial charge in [-0.05, 0) is 56.4 Å². The average Bonchev–Trinajstić information content (AvgIpc) is 2.92. The highest BCUT2D eigenvalue weighted by atomic mass is 32.2. The van der Waals surface area contributed by atoms with E-state index in [9.17, 15) is 4.79 Å². The summed E-state index contributed by atoms with van der Waals surface area (Å²) < 4.78 is 0. The number of hydrogen-bond donors (Lipinski definition) is 1. The van der Waals surface area contributed by atoms with Crippen LogP contribution in [0.4, 0.5) is 0 Å². The van der Waals surface area contributed by atoms with Crippen LogP contribution in [0.15, 0.2) is 12.1 Å². The molecule has 0 atom stereocenters. The molecule has 0 spiro atoms. The highest BCUT2D eigenvalue weighted by Gasteiger charge is 2.15. The summed E-state index contributed by atoms with van der Waals surface area (Å²) in [5.74, 6) is 1.10. The van der Waals surface area contributed by atoms with Crippen LogP contribution in [0.3, 0.4) is 0 Å². The van der Waals surface area contributed by atoms with Gasteiger partial charge in [0.1, 0.15) is 0 Å². The highest BCUT2D eigenvalue weighted by Crippen LogP contribution is 2.28. The smallest absolute Gasteiger partial charge is 0.251 e. The molecule has 1 aliphatic carbocycles. The van der Waals surface area contributed by atoms with Gasteiger partial charge in [-0.1, -0.05) is 18.9 Å². The van der Waals surface area contributed by atoms with E-state index in [0.29, 0.717) is 0 Å². The van der Waals surface area contributed by atoms with Crippen molar-refractivity contribution < 1.29 is 4.79 Å². The lowest BCUT2D eigenvalue weighted by molar-refractivity contribution is 0.0955. The van der Waals surface area contributed by atoms with E-state index in [2.05, 4.69) is 25.2 Å². The van der Waals surface area contributed by atoms with E-state index in [1.807, 2.05) is 24.8 Å². The molecule has 0 aliphatic heterocycles. The summed E-state index contributed by atoms with van der Waals surface area (Å²) in [5.41, 5.74) is 4.31. The second-order valence-corrected chi connectivity index (χ2v) is 7.19. The Morgan fingerprint density at radius 3 is 2.50 bits per heavy atom. The Kier molecular flexibility index (Phi) is 5.53. The van der Waals surface area contributed by atoms with Crippen LogP contribution in [0, 0.1) is 20.8 Å². The second kappa shape index (κ2) is 7.16. The number of carbonyl (C=O) groups excluding carboxylic acids is 1. The molecule has 0 saturated heterocycles. The van der Waals surface area contributed by atoms with Crippen molar-refractivity contribution in [3.63, 3.8) is 0 Å². The van der Waals surface area contributed by atoms with Gasteiger partial charge in [-0.25, -0.2) is 0 Å². The van der Waals surface area contributed by atoms with Gasteiger partial charge in [0.2, 0.25) is 0 Å². The molecular formula is C17H25NOS. The summed E-state index contributed by atoms with van der Waals surface area (Å²) in [6.07, 6.45) is 5.47. The average molecular weight is 291 g/mol. The van der Waals surface area contributed by atoms with Gasteiger partial charge in [-0.2, -0.15) is 11.8 Å². The monoisotopic (exact) mass is 291 g/mol. The largest absolute Gasteiger partial charge is 0.351 e. The molecule has 2 nitrogen and oxygen atoms in total. The molecule has 0 unspecified atom stereocenters. The van der Waals surface area contributed by atoms with E-state index in [1.54, 1.807) is 0 Å². The Morgan fingerprint density at radius 2 is 1.80 bits per heavy atom. The molecular weight excluding hydrogens is 266 g/mol. The highest BCUT2D eigenvalue weighted by molar-refractivity contribution is 7.99. The zero-order valence-corrected chi connectivity index (χ0v) is 13.6. The first kappa shape index (κ1) is 15.4. The molecule has 1 saturated carbocycles. The molecule has 0 radical (unpaired) electrons. The molecule has 1 aromatic rings. The minimum Gasteiger partial charge on any atom is -0.351 e. The molecule has 2 rings (SSSR count). The molecule has 0 aromatic heterocycles. The van der Waals surface area contributed by atoms with E-state index in [1.165, 1.54) is 36.8 Å². The van der Waals surface area contributed by atoms with Gasteiger partial charge in [-0.15, -0.1) is 0 Å². The Morgan fingerprint density at radius 1 is 1.15 bits per heavy atom. The van der Waals surface area contributed by atoms with Gasteiger partial charge in [0.25, 0.3) is 5.91 Å². The molecule has 110 valence electrons. The standard InChI is InChI=1S/C17H25NOS/c1-12-10-14(3)16(11-13(12)2)17(19)18-8-9-20-15-6-4-5-7-15/h10-11,15H,4-9H2,1-3H3,(H,18,19). The van der Waals surface area contributed by atoms with Crippen molar-refractivity contribution in [1.82, 2.24) is 5.32 Å². The maximum Gasteiger partial charge on any atom is 0.251 e. The predicted molar refractivity (Wildman–Crippen MR) is 87.7 cm³/mol. The lowest BCUT2D eigenvalue weighted by Crippen LogP contribution is -2.27. The van der Waals surface area contributed by atoms with Crippen LogP contribution in [0.25, 0.3) is 0 Å². The third-order valence-electron chi connectivity index (χ3n) is 4.13. The van der Waals surface area contributed by atoms with E-state index < -0.39 is 0 Å². The number of rotatable bonds is 5. The lowest BCUT2D eigenvalue weighted by Gasteiger charge is -2.12. The van der Waals surface area contributed by atoms with Crippen LogP contribution in [0.2, 0.25) is 0 Å². The summed E-state index contributed by atoms with van der Waals surface area (Å²) >= 11 is 2.02. The third kappa shape index (κ3) is 4.02.